The lowest BCUT2D eigenvalue weighted by Gasteiger charge is -2.60. The summed E-state index contributed by atoms with van der Waals surface area (Å²) in [6.07, 6.45) is 4.30. The molecule has 2 atom stereocenters. The van der Waals surface area contributed by atoms with E-state index in [1.165, 1.54) is 0 Å². The molecule has 0 radical (unpaired) electrons. The number of hydrogen-bond donors (Lipinski definition) is 0. The van der Waals surface area contributed by atoms with E-state index in [4.69, 9.17) is 0 Å². The number of unbranched alkanes of at least 4 members (excludes halogenated alkanes) is 4. The van der Waals surface area contributed by atoms with Gasteiger partial charge in [0, 0.05) is 23.7 Å². The monoisotopic (exact) mass is 600 g/mol. The van der Waals surface area contributed by atoms with E-state index in [2.05, 4.69) is 0 Å². The van der Waals surface area contributed by atoms with Gasteiger partial charge in [-0.2, -0.15) is 0 Å². The first-order valence-electron chi connectivity index (χ1n) is 11.7. The van der Waals surface area contributed by atoms with Crippen LogP contribution in [0, 0.1) is 0 Å². The Morgan fingerprint density at radius 1 is 0.727 bits per heavy atom. The Hall–Kier alpha value is 1.68. The second-order valence-electron chi connectivity index (χ2n) is 7.78. The van der Waals surface area contributed by atoms with Crippen LogP contribution in [0.15, 0.2) is 0 Å². The summed E-state index contributed by atoms with van der Waals surface area (Å²) in [4.78, 5) is 0. The van der Waals surface area contributed by atoms with Crippen LogP contribution in [0.5, 0.6) is 0 Å². The summed E-state index contributed by atoms with van der Waals surface area (Å²) in [5.41, 5.74) is 0. The van der Waals surface area contributed by atoms with Crippen LogP contribution >= 0.6 is 64.4 Å². The molecule has 0 aliphatic heterocycles. The first-order chi connectivity index (χ1) is 15.5. The Labute approximate surface area is 217 Å². The van der Waals surface area contributed by atoms with Crippen LogP contribution in [0.2, 0.25) is 0 Å². The van der Waals surface area contributed by atoms with Crippen molar-refractivity contribution in [3.8, 4) is 0 Å². The third-order valence-electron chi connectivity index (χ3n) is 4.76. The molecule has 0 aromatic rings. The highest BCUT2D eigenvalue weighted by Crippen LogP contribution is 3.12. The molecule has 2 unspecified atom stereocenters. The summed E-state index contributed by atoms with van der Waals surface area (Å²) in [5.74, 6) is 0.608. The van der Waals surface area contributed by atoms with Gasteiger partial charge in [-0.25, -0.2) is 8.78 Å². The lowest BCUT2D eigenvalue weighted by Crippen LogP contribution is -2.27. The van der Waals surface area contributed by atoms with E-state index in [1.54, 1.807) is 0 Å². The maximum absolute atomic E-state index is 16.2. The molecule has 0 rings (SSSR count). The Balaban J connectivity index is 5.35. The zero-order valence-corrected chi connectivity index (χ0v) is 25.0. The van der Waals surface area contributed by atoms with Crippen LogP contribution in [-0.2, 0) is 0 Å². The van der Waals surface area contributed by atoms with E-state index in [0.29, 0.717) is 36.8 Å². The standard InChI is InChI=1S/C21H42F6S6/c1-4-7-11-17-32-33(25,26,27,31-16-8-5-2)20(28-19-23)12-9-10-13-21(24,29-15-6-3)30-18-14-22/h20H,4-19H2,1-3H3. The van der Waals surface area contributed by atoms with Gasteiger partial charge in [0.1, 0.15) is 18.1 Å². The summed E-state index contributed by atoms with van der Waals surface area (Å²) >= 11 is 2.36. The molecule has 12 heteroatoms. The van der Waals surface area contributed by atoms with Crippen molar-refractivity contribution in [1.29, 1.82) is 0 Å². The van der Waals surface area contributed by atoms with Crippen molar-refractivity contribution in [3.63, 3.8) is 0 Å². The Kier molecular flexibility index (Phi) is 17.3. The number of rotatable bonds is 23. The van der Waals surface area contributed by atoms with Crippen molar-refractivity contribution >= 4 is 64.4 Å². The zero-order valence-electron chi connectivity index (χ0n) is 20.1. The Bertz CT molecular complexity index is 508. The van der Waals surface area contributed by atoms with E-state index >= 15 is 16.0 Å². The van der Waals surface area contributed by atoms with Crippen LogP contribution in [0.25, 0.3) is 0 Å². The van der Waals surface area contributed by atoms with Gasteiger partial charge in [-0.05, 0) is 59.4 Å². The molecule has 33 heavy (non-hydrogen) atoms. The van der Waals surface area contributed by atoms with E-state index in [1.807, 2.05) is 20.8 Å². The highest BCUT2D eigenvalue weighted by molar-refractivity contribution is 9.36. The molecule has 0 aromatic carbocycles. The fourth-order valence-corrected chi connectivity index (χ4v) is 17.7. The van der Waals surface area contributed by atoms with Crippen molar-refractivity contribution < 1.29 is 24.8 Å². The van der Waals surface area contributed by atoms with E-state index < -0.39 is 29.1 Å². The minimum Gasteiger partial charge on any atom is -0.250 e. The summed E-state index contributed by atoms with van der Waals surface area (Å²) in [7, 11) is -6.94. The van der Waals surface area contributed by atoms with Gasteiger partial charge in [0.15, 0.2) is 0 Å². The van der Waals surface area contributed by atoms with Crippen LogP contribution < -0.4 is 0 Å². The predicted octanol–water partition coefficient (Wildman–Crippen LogP) is 11.8. The van der Waals surface area contributed by atoms with Gasteiger partial charge in [-0.1, -0.05) is 46.5 Å². The molecule has 0 saturated heterocycles. The van der Waals surface area contributed by atoms with Crippen molar-refractivity contribution in [2.45, 2.75) is 93.9 Å². The molecule has 0 nitrogen and oxygen atoms in total. The lowest BCUT2D eigenvalue weighted by molar-refractivity contribution is 0.374. The fraction of sp³-hybridized carbons (Fsp3) is 1.00. The Morgan fingerprint density at radius 2 is 1.33 bits per heavy atom. The topological polar surface area (TPSA) is 0 Å². The summed E-state index contributed by atoms with van der Waals surface area (Å²) in [5, 5.41) is 0. The molecule has 0 fully saturated rings. The van der Waals surface area contributed by atoms with E-state index in [-0.39, 0.29) is 64.5 Å². The molecule has 0 saturated carbocycles. The third kappa shape index (κ3) is 13.7. The first-order valence-corrected chi connectivity index (χ1v) is 20.0. The normalized spacial score (nSPS) is 17.4. The molecular weight excluding hydrogens is 559 g/mol. The smallest absolute Gasteiger partial charge is 0.202 e. The van der Waals surface area contributed by atoms with Crippen LogP contribution in [0.1, 0.15) is 85.0 Å². The van der Waals surface area contributed by atoms with Gasteiger partial charge < -0.3 is 0 Å². The molecule has 0 amide bonds. The average molecular weight is 601 g/mol. The van der Waals surface area contributed by atoms with Gasteiger partial charge >= 0.3 is 0 Å². The summed E-state index contributed by atoms with van der Waals surface area (Å²) < 4.78 is 86.0. The number of alkyl halides is 3. The van der Waals surface area contributed by atoms with Crippen LogP contribution in [0.3, 0.4) is 0 Å². The summed E-state index contributed by atoms with van der Waals surface area (Å²) in [6.45, 7) is 5.10. The van der Waals surface area contributed by atoms with Gasteiger partial charge in [0.2, 0.25) is 4.33 Å². The molecule has 0 spiro atoms. The molecule has 204 valence electrons. The maximum Gasteiger partial charge on any atom is 0.202 e. The molecule has 0 aliphatic carbocycles. The quantitative estimate of drug-likeness (QED) is 0.0494. The molecule has 0 heterocycles. The number of hydrogen-bond acceptors (Lipinski definition) is 5. The van der Waals surface area contributed by atoms with Gasteiger partial charge in [0.25, 0.3) is 0 Å². The molecule has 0 aromatic heterocycles. The second-order valence-corrected chi connectivity index (χ2v) is 22.6. The van der Waals surface area contributed by atoms with Crippen molar-refractivity contribution in [2.75, 3.05) is 35.7 Å². The minimum atomic E-state index is -7.17. The SMILES string of the molecule is CCCCCSS(F)(F)(F)(SCCCC)C(CCCCC(F)(SCCC)SCCF)SCF. The van der Waals surface area contributed by atoms with Gasteiger partial charge in [0.05, 0.1) is 6.67 Å². The maximum atomic E-state index is 16.2. The first kappa shape index (κ1) is 34.7. The molecule has 0 aliphatic rings. The van der Waals surface area contributed by atoms with Gasteiger partial charge in [-0.15, -0.1) is 46.9 Å². The minimum absolute atomic E-state index is 0.00247. The predicted molar refractivity (Wildman–Crippen MR) is 151 cm³/mol. The third-order valence-corrected chi connectivity index (χ3v) is 21.1. The van der Waals surface area contributed by atoms with Crippen molar-refractivity contribution in [3.05, 3.63) is 0 Å². The van der Waals surface area contributed by atoms with Crippen LogP contribution in [0.4, 0.5) is 24.8 Å². The molecular formula is C21H42F6S6. The van der Waals surface area contributed by atoms with E-state index in [0.717, 1.165) is 42.8 Å². The molecule has 0 N–H and O–H groups in total. The fourth-order valence-electron chi connectivity index (χ4n) is 2.95. The largest absolute Gasteiger partial charge is 0.250 e. The van der Waals surface area contributed by atoms with Crippen molar-refractivity contribution in [1.82, 2.24) is 0 Å². The van der Waals surface area contributed by atoms with Crippen molar-refractivity contribution in [2.24, 2.45) is 0 Å². The highest BCUT2D eigenvalue weighted by atomic mass is 33.6. The average Bonchev–Trinajstić information content (AvgIpc) is 2.76. The van der Waals surface area contributed by atoms with Crippen LogP contribution in [-0.4, -0.2) is 44.6 Å². The zero-order chi connectivity index (χ0) is 25.3. The summed E-state index contributed by atoms with van der Waals surface area (Å²) in [6, 6.07) is -1.09. The lowest BCUT2D eigenvalue weighted by atomic mass is 10.2. The van der Waals surface area contributed by atoms with Gasteiger partial charge in [-0.3, -0.25) is 4.39 Å². The molecule has 0 bridgehead atoms. The highest BCUT2D eigenvalue weighted by Gasteiger charge is 2.68. The van der Waals surface area contributed by atoms with E-state index in [9.17, 15) is 8.78 Å². The Morgan fingerprint density at radius 3 is 1.88 bits per heavy atom. The second kappa shape index (κ2) is 16.5. The number of thioether (sulfide) groups is 3. The number of halogens is 6.